The van der Waals surface area contributed by atoms with Gasteiger partial charge in [0.25, 0.3) is 0 Å². The molecule has 1 rings (SSSR count). The van der Waals surface area contributed by atoms with Crippen LogP contribution in [0.15, 0.2) is 29.4 Å². The van der Waals surface area contributed by atoms with Gasteiger partial charge in [0, 0.05) is 23.2 Å². The zero-order valence-corrected chi connectivity index (χ0v) is 8.27. The summed E-state index contributed by atoms with van der Waals surface area (Å²) in [6.45, 7) is 1.82. The number of benzene rings is 1. The Kier molecular flexibility index (Phi) is 4.00. The minimum atomic E-state index is -0.0896. The van der Waals surface area contributed by atoms with E-state index in [0.29, 0.717) is 12.4 Å². The molecule has 0 aliphatic rings. The number of hydrogen-bond acceptors (Lipinski definition) is 3. The molecule has 0 saturated carbocycles. The van der Waals surface area contributed by atoms with E-state index in [2.05, 4.69) is 20.7 Å². The first-order valence-corrected chi connectivity index (χ1v) is 4.36. The number of rotatable bonds is 4. The summed E-state index contributed by atoms with van der Waals surface area (Å²) >= 11 is 0. The quantitative estimate of drug-likeness (QED) is 0.341. The molecule has 0 heterocycles. The molecule has 78 valence electrons. The molecule has 6 heteroatoms. The molecule has 15 heavy (non-hydrogen) atoms. The SMILES string of the molecule is CC(=O)NCNc1ccc(N=[N+]=[N-])cc1. The van der Waals surface area contributed by atoms with Crippen LogP contribution in [0.1, 0.15) is 6.92 Å². The van der Waals surface area contributed by atoms with Gasteiger partial charge in [-0.05, 0) is 17.7 Å². The maximum absolute atomic E-state index is 10.6. The molecule has 0 radical (unpaired) electrons. The molecule has 0 aliphatic heterocycles. The number of anilines is 1. The highest BCUT2D eigenvalue weighted by Crippen LogP contribution is 2.15. The van der Waals surface area contributed by atoms with Gasteiger partial charge in [-0.3, -0.25) is 4.79 Å². The predicted molar refractivity (Wildman–Crippen MR) is 57.6 cm³/mol. The van der Waals surface area contributed by atoms with Crippen LogP contribution in [0.4, 0.5) is 11.4 Å². The number of hydrogen-bond donors (Lipinski definition) is 2. The Morgan fingerprint density at radius 1 is 1.47 bits per heavy atom. The standard InChI is InChI=1S/C9H11N5O/c1-7(15)11-6-12-8-2-4-9(5-3-8)13-14-10/h2-5,12H,6H2,1H3,(H,11,15). The van der Waals surface area contributed by atoms with Crippen molar-refractivity contribution < 1.29 is 4.79 Å². The van der Waals surface area contributed by atoms with Gasteiger partial charge in [-0.1, -0.05) is 17.2 Å². The molecule has 0 saturated heterocycles. The van der Waals surface area contributed by atoms with Crippen LogP contribution in [0.2, 0.25) is 0 Å². The van der Waals surface area contributed by atoms with Gasteiger partial charge in [-0.2, -0.15) is 0 Å². The summed E-state index contributed by atoms with van der Waals surface area (Å²) in [5.41, 5.74) is 9.59. The van der Waals surface area contributed by atoms with Gasteiger partial charge in [-0.15, -0.1) is 0 Å². The van der Waals surface area contributed by atoms with E-state index in [9.17, 15) is 4.79 Å². The zero-order valence-electron chi connectivity index (χ0n) is 8.27. The number of carbonyl (C=O) groups is 1. The summed E-state index contributed by atoms with van der Waals surface area (Å²) in [6, 6.07) is 6.92. The highest BCUT2D eigenvalue weighted by molar-refractivity contribution is 5.73. The second-order valence-electron chi connectivity index (χ2n) is 2.82. The maximum Gasteiger partial charge on any atom is 0.218 e. The summed E-state index contributed by atoms with van der Waals surface area (Å²) in [7, 11) is 0. The van der Waals surface area contributed by atoms with Crippen molar-refractivity contribution >= 4 is 17.3 Å². The molecular weight excluding hydrogens is 194 g/mol. The van der Waals surface area contributed by atoms with Gasteiger partial charge in [0.2, 0.25) is 5.91 Å². The summed E-state index contributed by atoms with van der Waals surface area (Å²) in [6.07, 6.45) is 0. The number of azide groups is 1. The average Bonchev–Trinajstić information content (AvgIpc) is 2.20. The van der Waals surface area contributed by atoms with E-state index >= 15 is 0 Å². The molecule has 0 unspecified atom stereocenters. The Labute approximate surface area is 86.9 Å². The molecule has 0 atom stereocenters. The van der Waals surface area contributed by atoms with E-state index in [1.807, 2.05) is 0 Å². The van der Waals surface area contributed by atoms with E-state index in [0.717, 1.165) is 5.69 Å². The molecule has 0 aromatic heterocycles. The Morgan fingerprint density at radius 2 is 2.13 bits per heavy atom. The third-order valence-electron chi connectivity index (χ3n) is 1.66. The van der Waals surface area contributed by atoms with Gasteiger partial charge in [0.15, 0.2) is 0 Å². The van der Waals surface area contributed by atoms with E-state index in [-0.39, 0.29) is 5.91 Å². The second-order valence-corrected chi connectivity index (χ2v) is 2.82. The van der Waals surface area contributed by atoms with Crippen LogP contribution in [0.3, 0.4) is 0 Å². The molecule has 0 spiro atoms. The number of nitrogens with zero attached hydrogens (tertiary/aromatic N) is 3. The van der Waals surface area contributed by atoms with Crippen LogP contribution in [-0.2, 0) is 4.79 Å². The molecule has 2 N–H and O–H groups in total. The number of nitrogens with one attached hydrogen (secondary N) is 2. The first-order chi connectivity index (χ1) is 7.22. The van der Waals surface area contributed by atoms with Crippen LogP contribution in [0, 0.1) is 0 Å². The van der Waals surface area contributed by atoms with Crippen molar-refractivity contribution in [2.45, 2.75) is 6.92 Å². The minimum Gasteiger partial charge on any atom is -0.368 e. The molecule has 1 amide bonds. The van der Waals surface area contributed by atoms with Crippen LogP contribution < -0.4 is 10.6 Å². The van der Waals surface area contributed by atoms with Crippen LogP contribution >= 0.6 is 0 Å². The van der Waals surface area contributed by atoms with Crippen molar-refractivity contribution in [1.29, 1.82) is 0 Å². The molecule has 6 nitrogen and oxygen atoms in total. The Bertz CT molecular complexity index is 380. The van der Waals surface area contributed by atoms with Crippen molar-refractivity contribution in [3.8, 4) is 0 Å². The topological polar surface area (TPSA) is 89.9 Å². The lowest BCUT2D eigenvalue weighted by Gasteiger charge is -2.06. The first kappa shape index (κ1) is 10.9. The summed E-state index contributed by atoms with van der Waals surface area (Å²) in [4.78, 5) is 13.2. The third kappa shape index (κ3) is 4.02. The summed E-state index contributed by atoms with van der Waals surface area (Å²) < 4.78 is 0. The van der Waals surface area contributed by atoms with E-state index in [1.54, 1.807) is 24.3 Å². The van der Waals surface area contributed by atoms with Crippen molar-refractivity contribution in [2.75, 3.05) is 12.0 Å². The van der Waals surface area contributed by atoms with Crippen molar-refractivity contribution in [3.63, 3.8) is 0 Å². The number of amides is 1. The second kappa shape index (κ2) is 5.51. The van der Waals surface area contributed by atoms with Crippen molar-refractivity contribution in [2.24, 2.45) is 5.11 Å². The summed E-state index contributed by atoms with van der Waals surface area (Å²) in [5.74, 6) is -0.0896. The van der Waals surface area contributed by atoms with Crippen LogP contribution in [-0.4, -0.2) is 12.6 Å². The molecule has 1 aromatic carbocycles. The fourth-order valence-corrected chi connectivity index (χ4v) is 0.968. The van der Waals surface area contributed by atoms with Crippen molar-refractivity contribution in [1.82, 2.24) is 5.32 Å². The van der Waals surface area contributed by atoms with Crippen LogP contribution in [0.5, 0.6) is 0 Å². The normalized spacial score (nSPS) is 8.87. The van der Waals surface area contributed by atoms with Gasteiger partial charge >= 0.3 is 0 Å². The van der Waals surface area contributed by atoms with Gasteiger partial charge < -0.3 is 10.6 Å². The van der Waals surface area contributed by atoms with Crippen LogP contribution in [0.25, 0.3) is 10.4 Å². The molecule has 0 fully saturated rings. The largest absolute Gasteiger partial charge is 0.368 e. The lowest BCUT2D eigenvalue weighted by Crippen LogP contribution is -2.26. The highest BCUT2D eigenvalue weighted by Gasteiger charge is 1.92. The monoisotopic (exact) mass is 205 g/mol. The molecule has 0 bridgehead atoms. The molecular formula is C9H11N5O. The minimum absolute atomic E-state index is 0.0896. The smallest absolute Gasteiger partial charge is 0.218 e. The third-order valence-corrected chi connectivity index (χ3v) is 1.66. The Morgan fingerprint density at radius 3 is 2.67 bits per heavy atom. The zero-order chi connectivity index (χ0) is 11.1. The predicted octanol–water partition coefficient (Wildman–Crippen LogP) is 2.13. The van der Waals surface area contributed by atoms with Gasteiger partial charge in [0.1, 0.15) is 0 Å². The van der Waals surface area contributed by atoms with Gasteiger partial charge in [0.05, 0.1) is 6.67 Å². The fraction of sp³-hybridized carbons (Fsp3) is 0.222. The maximum atomic E-state index is 10.6. The van der Waals surface area contributed by atoms with E-state index < -0.39 is 0 Å². The number of carbonyl (C=O) groups excluding carboxylic acids is 1. The average molecular weight is 205 g/mol. The van der Waals surface area contributed by atoms with Gasteiger partial charge in [-0.25, -0.2) is 0 Å². The molecule has 1 aromatic rings. The lowest BCUT2D eigenvalue weighted by atomic mass is 10.3. The molecule has 0 aliphatic carbocycles. The fourth-order valence-electron chi connectivity index (χ4n) is 0.968. The Hall–Kier alpha value is -2.20. The highest BCUT2D eigenvalue weighted by atomic mass is 16.1. The first-order valence-electron chi connectivity index (χ1n) is 4.36. The van der Waals surface area contributed by atoms with E-state index in [4.69, 9.17) is 5.53 Å². The summed E-state index contributed by atoms with van der Waals surface area (Å²) in [5, 5.41) is 9.02. The van der Waals surface area contributed by atoms with E-state index in [1.165, 1.54) is 6.92 Å². The van der Waals surface area contributed by atoms with Crippen molar-refractivity contribution in [3.05, 3.63) is 34.7 Å². The lowest BCUT2D eigenvalue weighted by molar-refractivity contribution is -0.118. The Balaban J connectivity index is 2.49.